The molecule has 0 aliphatic heterocycles. The summed E-state index contributed by atoms with van der Waals surface area (Å²) in [6.07, 6.45) is 1.91. The number of rotatable bonds is 4. The van der Waals surface area contributed by atoms with Crippen LogP contribution in [0.1, 0.15) is 18.2 Å². The number of aryl methyl sites for hydroxylation is 1. The number of hydrogen-bond donors (Lipinski definition) is 1. The molecule has 0 unspecified atom stereocenters. The van der Waals surface area contributed by atoms with Crippen LogP contribution in [0.15, 0.2) is 59.7 Å². The lowest BCUT2D eigenvalue weighted by Gasteiger charge is -2.03. The molecule has 1 N–H and O–H groups in total. The summed E-state index contributed by atoms with van der Waals surface area (Å²) in [6.45, 7) is 5.28. The first-order valence-corrected chi connectivity index (χ1v) is 7.23. The van der Waals surface area contributed by atoms with Crippen molar-refractivity contribution < 1.29 is 0 Å². The Morgan fingerprint density at radius 3 is 2.52 bits per heavy atom. The summed E-state index contributed by atoms with van der Waals surface area (Å²) in [5.41, 5.74) is 7.75. The van der Waals surface area contributed by atoms with Gasteiger partial charge in [0, 0.05) is 28.7 Å². The maximum Gasteiger partial charge on any atom is 0.0569 e. The lowest BCUT2D eigenvalue weighted by Crippen LogP contribution is -1.97. The fraction of sp³-hybridized carbons (Fsp3) is 0.167. The average molecular weight is 277 g/mol. The molecular formula is C18H19N3. The molecule has 1 aromatic heterocycles. The molecule has 3 heteroatoms. The average Bonchev–Trinajstić information content (AvgIpc) is 2.80. The van der Waals surface area contributed by atoms with Crippen molar-refractivity contribution in [3.8, 4) is 0 Å². The van der Waals surface area contributed by atoms with E-state index in [1.54, 1.807) is 0 Å². The number of nitrogens with one attached hydrogen (secondary N) is 1. The molecule has 0 atom stereocenters. The van der Waals surface area contributed by atoms with E-state index in [0.29, 0.717) is 0 Å². The quantitative estimate of drug-likeness (QED) is 0.555. The summed E-state index contributed by atoms with van der Waals surface area (Å²) in [5.74, 6) is 0. The first-order valence-electron chi connectivity index (χ1n) is 7.23. The normalized spacial score (nSPS) is 11.3. The molecule has 0 bridgehead atoms. The third-order valence-corrected chi connectivity index (χ3v) is 3.76. The second-order valence-corrected chi connectivity index (χ2v) is 5.00. The van der Waals surface area contributed by atoms with E-state index >= 15 is 0 Å². The van der Waals surface area contributed by atoms with Crippen molar-refractivity contribution in [2.45, 2.75) is 20.4 Å². The van der Waals surface area contributed by atoms with Gasteiger partial charge >= 0.3 is 0 Å². The third kappa shape index (κ3) is 2.55. The molecule has 3 nitrogen and oxygen atoms in total. The molecule has 0 aliphatic rings. The maximum atomic E-state index is 4.38. The molecule has 106 valence electrons. The monoisotopic (exact) mass is 277 g/mol. The highest BCUT2D eigenvalue weighted by atomic mass is 15.3. The van der Waals surface area contributed by atoms with Crippen LogP contribution in [0.4, 0.5) is 5.69 Å². The molecule has 0 saturated carbocycles. The lowest BCUT2D eigenvalue weighted by molar-refractivity contribution is 0.769. The number of para-hydroxylation sites is 2. The van der Waals surface area contributed by atoms with E-state index in [1.165, 1.54) is 22.2 Å². The molecule has 0 aliphatic carbocycles. The second-order valence-electron chi connectivity index (χ2n) is 5.00. The zero-order valence-electron chi connectivity index (χ0n) is 12.4. The predicted octanol–water partition coefficient (Wildman–Crippen LogP) is 4.42. The Labute approximate surface area is 124 Å². The van der Waals surface area contributed by atoms with Gasteiger partial charge < -0.3 is 4.57 Å². The van der Waals surface area contributed by atoms with E-state index in [2.05, 4.69) is 53.2 Å². The zero-order chi connectivity index (χ0) is 14.7. The van der Waals surface area contributed by atoms with Gasteiger partial charge in [-0.1, -0.05) is 36.4 Å². The summed E-state index contributed by atoms with van der Waals surface area (Å²) in [7, 11) is 0. The molecule has 0 radical (unpaired) electrons. The van der Waals surface area contributed by atoms with Gasteiger partial charge in [0.25, 0.3) is 0 Å². The number of fused-ring (bicyclic) bond motifs is 1. The van der Waals surface area contributed by atoms with E-state index in [-0.39, 0.29) is 0 Å². The van der Waals surface area contributed by atoms with Crippen LogP contribution in [0.25, 0.3) is 10.9 Å². The van der Waals surface area contributed by atoms with Gasteiger partial charge in [-0.15, -0.1) is 0 Å². The highest BCUT2D eigenvalue weighted by Crippen LogP contribution is 2.24. The van der Waals surface area contributed by atoms with E-state index in [9.17, 15) is 0 Å². The fourth-order valence-electron chi connectivity index (χ4n) is 2.71. The van der Waals surface area contributed by atoms with Crippen LogP contribution < -0.4 is 5.43 Å². The van der Waals surface area contributed by atoms with Crippen molar-refractivity contribution in [1.29, 1.82) is 0 Å². The highest BCUT2D eigenvalue weighted by Gasteiger charge is 2.10. The molecule has 1 heterocycles. The molecule has 3 aromatic rings. The van der Waals surface area contributed by atoms with Gasteiger partial charge in [0.15, 0.2) is 0 Å². The van der Waals surface area contributed by atoms with Gasteiger partial charge in [-0.05, 0) is 32.0 Å². The summed E-state index contributed by atoms with van der Waals surface area (Å²) in [6, 6.07) is 18.4. The van der Waals surface area contributed by atoms with Crippen LogP contribution >= 0.6 is 0 Å². The van der Waals surface area contributed by atoms with Crippen LogP contribution in [0.5, 0.6) is 0 Å². The van der Waals surface area contributed by atoms with E-state index in [0.717, 1.165) is 12.2 Å². The predicted molar refractivity (Wildman–Crippen MR) is 90.0 cm³/mol. The first kappa shape index (κ1) is 13.4. The summed E-state index contributed by atoms with van der Waals surface area (Å²) in [4.78, 5) is 0. The van der Waals surface area contributed by atoms with E-state index < -0.39 is 0 Å². The Hall–Kier alpha value is -2.55. The SMILES string of the molecule is CCn1c(C)c(/C=N\Nc2ccccc2)c2ccccc21. The van der Waals surface area contributed by atoms with Gasteiger partial charge in [0.2, 0.25) is 0 Å². The first-order chi connectivity index (χ1) is 10.3. The minimum Gasteiger partial charge on any atom is -0.344 e. The number of aromatic nitrogens is 1. The molecule has 2 aromatic carbocycles. The maximum absolute atomic E-state index is 4.38. The number of hydrogen-bond acceptors (Lipinski definition) is 2. The van der Waals surface area contributed by atoms with Crippen LogP contribution in [0, 0.1) is 6.92 Å². The number of hydrazone groups is 1. The van der Waals surface area contributed by atoms with Crippen LogP contribution in [-0.2, 0) is 6.54 Å². The summed E-state index contributed by atoms with van der Waals surface area (Å²) in [5, 5.41) is 5.63. The Bertz CT molecular complexity index is 770. The summed E-state index contributed by atoms with van der Waals surface area (Å²) < 4.78 is 2.32. The van der Waals surface area contributed by atoms with Crippen molar-refractivity contribution in [2.24, 2.45) is 5.10 Å². The van der Waals surface area contributed by atoms with Gasteiger partial charge in [-0.3, -0.25) is 5.43 Å². The molecule has 0 amide bonds. The second kappa shape index (κ2) is 5.83. The minimum atomic E-state index is 0.965. The van der Waals surface area contributed by atoms with Gasteiger partial charge in [0.05, 0.1) is 11.9 Å². The largest absolute Gasteiger partial charge is 0.344 e. The van der Waals surface area contributed by atoms with Gasteiger partial charge in [-0.2, -0.15) is 5.10 Å². The van der Waals surface area contributed by atoms with Crippen molar-refractivity contribution in [3.63, 3.8) is 0 Å². The van der Waals surface area contributed by atoms with Crippen molar-refractivity contribution in [3.05, 3.63) is 65.9 Å². The van der Waals surface area contributed by atoms with E-state index in [1.807, 2.05) is 36.5 Å². The van der Waals surface area contributed by atoms with E-state index in [4.69, 9.17) is 0 Å². The van der Waals surface area contributed by atoms with Gasteiger partial charge in [-0.25, -0.2) is 0 Å². The Morgan fingerprint density at radius 2 is 1.76 bits per heavy atom. The Morgan fingerprint density at radius 1 is 1.05 bits per heavy atom. The minimum absolute atomic E-state index is 0.965. The van der Waals surface area contributed by atoms with Crippen LogP contribution in [0.3, 0.4) is 0 Å². The molecule has 0 spiro atoms. The third-order valence-electron chi connectivity index (χ3n) is 3.76. The fourth-order valence-corrected chi connectivity index (χ4v) is 2.71. The summed E-state index contributed by atoms with van der Waals surface area (Å²) >= 11 is 0. The number of benzene rings is 2. The Kier molecular flexibility index (Phi) is 3.73. The zero-order valence-corrected chi connectivity index (χ0v) is 12.4. The molecule has 0 saturated heterocycles. The van der Waals surface area contributed by atoms with Crippen molar-refractivity contribution in [1.82, 2.24) is 4.57 Å². The number of nitrogens with zero attached hydrogens (tertiary/aromatic N) is 2. The highest BCUT2D eigenvalue weighted by molar-refractivity contribution is 6.01. The molecule has 21 heavy (non-hydrogen) atoms. The smallest absolute Gasteiger partial charge is 0.0569 e. The standard InChI is InChI=1S/C18H19N3/c1-3-21-14(2)17(16-11-7-8-12-18(16)21)13-19-20-15-9-5-4-6-10-15/h4-13,20H,3H2,1-2H3/b19-13-. The van der Waals surface area contributed by atoms with Gasteiger partial charge in [0.1, 0.15) is 0 Å². The molecule has 3 rings (SSSR count). The van der Waals surface area contributed by atoms with Crippen molar-refractivity contribution >= 4 is 22.8 Å². The lowest BCUT2D eigenvalue weighted by atomic mass is 10.1. The van der Waals surface area contributed by atoms with Crippen LogP contribution in [0.2, 0.25) is 0 Å². The topological polar surface area (TPSA) is 29.3 Å². The molecule has 0 fully saturated rings. The molecular weight excluding hydrogens is 258 g/mol. The van der Waals surface area contributed by atoms with Crippen LogP contribution in [-0.4, -0.2) is 10.8 Å². The number of anilines is 1. The Balaban J connectivity index is 1.95. The van der Waals surface area contributed by atoms with Crippen molar-refractivity contribution in [2.75, 3.05) is 5.43 Å².